The highest BCUT2D eigenvalue weighted by Gasteiger charge is 2.48. The fourth-order valence-electron chi connectivity index (χ4n) is 1.55. The van der Waals surface area contributed by atoms with Gasteiger partial charge in [0.05, 0.1) is 5.92 Å². The number of carbonyl (C=O) groups is 1. The van der Waals surface area contributed by atoms with Crippen LogP contribution in [0.3, 0.4) is 0 Å². The monoisotopic (exact) mass is 339 g/mol. The Morgan fingerprint density at radius 2 is 1.64 bits per heavy atom. The fourth-order valence-corrected chi connectivity index (χ4v) is 2.01. The number of amides is 1. The smallest absolute Gasteiger partial charge is 0.376 e. The van der Waals surface area contributed by atoms with Gasteiger partial charge >= 0.3 is 15.6 Å². The summed E-state index contributed by atoms with van der Waals surface area (Å²) in [5, 5.41) is 2.70. The van der Waals surface area contributed by atoms with Gasteiger partial charge in [0.15, 0.2) is 0 Å². The number of hydrogen-bond donors (Lipinski definition) is 1. The summed E-state index contributed by atoms with van der Waals surface area (Å²) in [6.07, 6.45) is 0. The highest BCUT2D eigenvalue weighted by molar-refractivity contribution is 7.87. The van der Waals surface area contributed by atoms with Crippen LogP contribution in [-0.4, -0.2) is 25.9 Å². The van der Waals surface area contributed by atoms with E-state index in [0.717, 1.165) is 12.1 Å². The van der Waals surface area contributed by atoms with Crippen LogP contribution in [0.15, 0.2) is 24.3 Å². The van der Waals surface area contributed by atoms with Crippen molar-refractivity contribution in [3.63, 3.8) is 0 Å². The van der Waals surface area contributed by atoms with Crippen molar-refractivity contribution in [2.45, 2.75) is 38.2 Å². The number of rotatable bonds is 5. The number of halogens is 3. The van der Waals surface area contributed by atoms with E-state index in [1.165, 1.54) is 12.1 Å². The molecule has 0 saturated heterocycles. The lowest BCUT2D eigenvalue weighted by Gasteiger charge is -2.15. The second kappa shape index (κ2) is 6.55. The van der Waals surface area contributed by atoms with Crippen LogP contribution in [0.2, 0.25) is 0 Å². The van der Waals surface area contributed by atoms with Gasteiger partial charge in [0, 0.05) is 6.04 Å². The first kappa shape index (κ1) is 18.3. The molecule has 0 aliphatic heterocycles. The minimum Gasteiger partial charge on any atom is -0.376 e. The molecule has 0 aliphatic rings. The zero-order valence-electron chi connectivity index (χ0n) is 12.1. The second-order valence-electron chi connectivity index (χ2n) is 4.94. The molecule has 1 amide bonds. The first-order chi connectivity index (χ1) is 9.94. The van der Waals surface area contributed by atoms with Gasteiger partial charge in [-0.05, 0) is 38.5 Å². The van der Waals surface area contributed by atoms with Crippen molar-refractivity contribution < 1.29 is 30.6 Å². The predicted molar refractivity (Wildman–Crippen MR) is 73.7 cm³/mol. The van der Waals surface area contributed by atoms with Crippen LogP contribution in [-0.2, 0) is 14.9 Å². The zero-order valence-corrected chi connectivity index (χ0v) is 13.0. The lowest BCUT2D eigenvalue weighted by molar-refractivity contribution is -0.122. The van der Waals surface area contributed by atoms with Gasteiger partial charge in [-0.15, -0.1) is 0 Å². The normalized spacial score (nSPS) is 13.8. The first-order valence-corrected chi connectivity index (χ1v) is 7.76. The summed E-state index contributed by atoms with van der Waals surface area (Å²) >= 11 is 0. The Balaban J connectivity index is 2.86. The molecule has 1 atom stereocenters. The zero-order chi connectivity index (χ0) is 17.1. The van der Waals surface area contributed by atoms with Crippen LogP contribution in [0.25, 0.3) is 0 Å². The summed E-state index contributed by atoms with van der Waals surface area (Å²) in [5.74, 6) is -1.25. The lowest BCUT2D eigenvalue weighted by Crippen LogP contribution is -2.33. The Bertz CT molecular complexity index is 624. The van der Waals surface area contributed by atoms with Gasteiger partial charge in [0.25, 0.3) is 0 Å². The number of benzene rings is 1. The molecule has 0 heterocycles. The minimum absolute atomic E-state index is 0.0468. The molecule has 5 nitrogen and oxygen atoms in total. The third-order valence-electron chi connectivity index (χ3n) is 2.69. The average molecular weight is 339 g/mol. The van der Waals surface area contributed by atoms with E-state index in [9.17, 15) is 26.4 Å². The SMILES string of the molecule is CC(C)NC(=O)C(C)c1ccc(OS(=O)(=O)C(F)(F)F)cc1. The number of nitrogens with one attached hydrogen (secondary N) is 1. The molecule has 0 saturated carbocycles. The van der Waals surface area contributed by atoms with Gasteiger partial charge in [0.1, 0.15) is 5.75 Å². The van der Waals surface area contributed by atoms with Crippen molar-refractivity contribution in [1.82, 2.24) is 5.32 Å². The van der Waals surface area contributed by atoms with Crippen molar-refractivity contribution in [2.24, 2.45) is 0 Å². The molecule has 0 aromatic heterocycles. The molecule has 0 radical (unpaired) electrons. The third kappa shape index (κ3) is 4.62. The maximum absolute atomic E-state index is 12.2. The minimum atomic E-state index is -5.70. The topological polar surface area (TPSA) is 72.5 Å². The quantitative estimate of drug-likeness (QED) is 0.661. The highest BCUT2D eigenvalue weighted by atomic mass is 32.2. The molecule has 0 spiro atoms. The summed E-state index contributed by atoms with van der Waals surface area (Å²) in [4.78, 5) is 11.8. The van der Waals surface area contributed by atoms with E-state index >= 15 is 0 Å². The molecule has 0 aliphatic carbocycles. The Hall–Kier alpha value is -1.77. The summed E-state index contributed by atoms with van der Waals surface area (Å²) < 4.78 is 62.3. The van der Waals surface area contributed by atoms with Crippen molar-refractivity contribution in [3.05, 3.63) is 29.8 Å². The first-order valence-electron chi connectivity index (χ1n) is 6.35. The van der Waals surface area contributed by atoms with Gasteiger partial charge in [-0.1, -0.05) is 12.1 Å². The standard InChI is InChI=1S/C13H16F3NO4S/c1-8(2)17-12(18)9(3)10-4-6-11(7-5-10)21-22(19,20)13(14,15)16/h4-9H,1-3H3,(H,17,18). The molecule has 1 N–H and O–H groups in total. The van der Waals surface area contributed by atoms with Crippen LogP contribution >= 0.6 is 0 Å². The van der Waals surface area contributed by atoms with Gasteiger partial charge in [-0.2, -0.15) is 21.6 Å². The maximum Gasteiger partial charge on any atom is 0.534 e. The van der Waals surface area contributed by atoms with Crippen molar-refractivity contribution >= 4 is 16.0 Å². The number of hydrogen-bond acceptors (Lipinski definition) is 4. The molecule has 1 aromatic rings. The van der Waals surface area contributed by atoms with E-state index in [4.69, 9.17) is 0 Å². The Labute approximate surface area is 126 Å². The summed E-state index contributed by atoms with van der Waals surface area (Å²) in [5.41, 5.74) is -4.97. The van der Waals surface area contributed by atoms with Crippen LogP contribution < -0.4 is 9.50 Å². The predicted octanol–water partition coefficient (Wildman–Crippen LogP) is 2.54. The Morgan fingerprint density at radius 1 is 1.14 bits per heavy atom. The second-order valence-corrected chi connectivity index (χ2v) is 6.48. The van der Waals surface area contributed by atoms with Gasteiger partial charge in [0.2, 0.25) is 5.91 Å². The summed E-state index contributed by atoms with van der Waals surface area (Å²) in [6, 6.07) is 4.77. The molecule has 22 heavy (non-hydrogen) atoms. The molecule has 1 aromatic carbocycles. The largest absolute Gasteiger partial charge is 0.534 e. The number of alkyl halides is 3. The lowest BCUT2D eigenvalue weighted by atomic mass is 10.00. The van der Waals surface area contributed by atoms with E-state index in [-0.39, 0.29) is 11.9 Å². The van der Waals surface area contributed by atoms with Crippen molar-refractivity contribution in [2.75, 3.05) is 0 Å². The van der Waals surface area contributed by atoms with Gasteiger partial charge in [-0.25, -0.2) is 0 Å². The molecule has 1 unspecified atom stereocenters. The van der Waals surface area contributed by atoms with E-state index in [2.05, 4.69) is 9.50 Å². The summed E-state index contributed by atoms with van der Waals surface area (Å²) in [7, 11) is -5.70. The maximum atomic E-state index is 12.2. The van der Waals surface area contributed by atoms with Crippen LogP contribution in [0.5, 0.6) is 5.75 Å². The van der Waals surface area contributed by atoms with E-state index in [1.807, 2.05) is 0 Å². The Kier molecular flexibility index (Phi) is 5.44. The van der Waals surface area contributed by atoms with Crippen molar-refractivity contribution in [3.8, 4) is 5.75 Å². The highest BCUT2D eigenvalue weighted by Crippen LogP contribution is 2.27. The molecular weight excluding hydrogens is 323 g/mol. The van der Waals surface area contributed by atoms with Crippen molar-refractivity contribution in [1.29, 1.82) is 0 Å². The molecule has 0 bridgehead atoms. The van der Waals surface area contributed by atoms with Gasteiger partial charge in [-0.3, -0.25) is 4.79 Å². The van der Waals surface area contributed by atoms with E-state index in [0.29, 0.717) is 5.56 Å². The average Bonchev–Trinajstić information content (AvgIpc) is 2.36. The van der Waals surface area contributed by atoms with Crippen LogP contribution in [0.4, 0.5) is 13.2 Å². The Morgan fingerprint density at radius 3 is 2.05 bits per heavy atom. The molecule has 0 fully saturated rings. The van der Waals surface area contributed by atoms with Gasteiger partial charge < -0.3 is 9.50 Å². The van der Waals surface area contributed by atoms with E-state index < -0.39 is 27.3 Å². The number of carbonyl (C=O) groups excluding carboxylic acids is 1. The molecular formula is C13H16F3NO4S. The molecule has 9 heteroatoms. The van der Waals surface area contributed by atoms with E-state index in [1.54, 1.807) is 20.8 Å². The molecule has 124 valence electrons. The van der Waals surface area contributed by atoms with Crippen LogP contribution in [0.1, 0.15) is 32.3 Å². The summed E-state index contributed by atoms with van der Waals surface area (Å²) in [6.45, 7) is 5.22. The third-order valence-corrected chi connectivity index (χ3v) is 3.67. The molecule has 1 rings (SSSR count). The fraction of sp³-hybridized carbons (Fsp3) is 0.462. The van der Waals surface area contributed by atoms with Crippen LogP contribution in [0, 0.1) is 0 Å².